The van der Waals surface area contributed by atoms with Gasteiger partial charge in [-0.05, 0) is 6.42 Å². The van der Waals surface area contributed by atoms with E-state index in [-0.39, 0.29) is 57.1 Å². The monoisotopic (exact) mass is 450 g/mol. The van der Waals surface area contributed by atoms with E-state index >= 15 is 0 Å². The van der Waals surface area contributed by atoms with Crippen molar-refractivity contribution in [3.05, 3.63) is 11.4 Å². The van der Waals surface area contributed by atoms with Crippen molar-refractivity contribution >= 4 is 20.5 Å². The summed E-state index contributed by atoms with van der Waals surface area (Å²) in [6.45, 7) is 7.51. The number of carbonyl (C=O) groups is 2. The van der Waals surface area contributed by atoms with E-state index in [1.165, 1.54) is 7.05 Å². The fourth-order valence-corrected chi connectivity index (χ4v) is 3.98. The highest BCUT2D eigenvalue weighted by Gasteiger charge is 2.35. The highest BCUT2D eigenvalue weighted by atomic mass is 31.2. The number of rotatable bonds is 13. The third kappa shape index (κ3) is 8.42. The van der Waals surface area contributed by atoms with Gasteiger partial charge in [0.1, 0.15) is 18.8 Å². The van der Waals surface area contributed by atoms with Crippen molar-refractivity contribution in [1.29, 1.82) is 0 Å². The third-order valence-electron chi connectivity index (χ3n) is 4.51. The number of nitrogens with one attached hydrogen (secondary N) is 1. The summed E-state index contributed by atoms with van der Waals surface area (Å²) < 4.78 is 49.4. The molecule has 0 aliphatic carbocycles. The molecule has 0 spiro atoms. The maximum atomic E-state index is 12.0. The van der Waals surface area contributed by atoms with E-state index in [9.17, 15) is 9.59 Å². The predicted molar refractivity (Wildman–Crippen MR) is 107 cm³/mol. The summed E-state index contributed by atoms with van der Waals surface area (Å²) in [6.07, 6.45) is -0.808. The molecule has 170 valence electrons. The maximum Gasteiger partial charge on any atom is 0.333 e. The minimum absolute atomic E-state index is 0.0153. The van der Waals surface area contributed by atoms with Crippen LogP contribution < -0.4 is 5.32 Å². The molecule has 0 aromatic rings. The molecule has 2 fully saturated rings. The molecule has 0 aromatic carbocycles. The Balaban J connectivity index is 1.89. The zero-order valence-electron chi connectivity index (χ0n) is 19.3. The van der Waals surface area contributed by atoms with Gasteiger partial charge in [0.05, 0.1) is 34.6 Å². The van der Waals surface area contributed by atoms with Crippen LogP contribution in [0, 0.1) is 6.57 Å². The van der Waals surface area contributed by atoms with Crippen LogP contribution in [0.4, 0.5) is 0 Å². The van der Waals surface area contributed by atoms with Crippen LogP contribution in [0.5, 0.6) is 0 Å². The van der Waals surface area contributed by atoms with E-state index in [4.69, 9.17) is 37.1 Å². The molecule has 10 nitrogen and oxygen atoms in total. The van der Waals surface area contributed by atoms with Gasteiger partial charge in [-0.25, -0.2) is 6.57 Å². The van der Waals surface area contributed by atoms with Crippen molar-refractivity contribution in [2.24, 2.45) is 0 Å². The Morgan fingerprint density at radius 1 is 1.20 bits per heavy atom. The molecule has 2 aliphatic rings. The van der Waals surface area contributed by atoms with E-state index in [2.05, 4.69) is 10.2 Å². The van der Waals surface area contributed by atoms with Gasteiger partial charge >= 0.3 is 14.6 Å². The molecule has 0 saturated carbocycles. The van der Waals surface area contributed by atoms with Gasteiger partial charge in [-0.2, -0.15) is 0 Å². The summed E-state index contributed by atoms with van der Waals surface area (Å²) in [5.41, 5.74) is 0. The van der Waals surface area contributed by atoms with Crippen molar-refractivity contribution in [3.8, 4) is 0 Å². The van der Waals surface area contributed by atoms with Crippen molar-refractivity contribution in [1.82, 2.24) is 5.32 Å². The minimum atomic E-state index is -1.86. The van der Waals surface area contributed by atoms with Crippen LogP contribution in [0.2, 0.25) is 0 Å². The van der Waals surface area contributed by atoms with Gasteiger partial charge in [0, 0.05) is 32.9 Å². The first-order valence-corrected chi connectivity index (χ1v) is 11.1. The Morgan fingerprint density at radius 3 is 2.63 bits per heavy atom. The molecular weight excluding hydrogens is 415 g/mol. The van der Waals surface area contributed by atoms with Crippen LogP contribution in [0.3, 0.4) is 0 Å². The number of amides is 1. The number of nitrogens with zero attached hydrogens (tertiary/aromatic N) is 1. The lowest BCUT2D eigenvalue weighted by molar-refractivity contribution is -0.153. The van der Waals surface area contributed by atoms with E-state index in [0.717, 1.165) is 0 Å². The minimum Gasteiger partial charge on any atom is -0.459 e. The van der Waals surface area contributed by atoms with E-state index < -0.39 is 39.9 Å². The van der Waals surface area contributed by atoms with Crippen molar-refractivity contribution in [2.75, 3.05) is 40.0 Å². The van der Waals surface area contributed by atoms with Gasteiger partial charge in [-0.15, -0.1) is 0 Å². The normalized spacial score (nSPS) is 32.7. The lowest BCUT2D eigenvalue weighted by Crippen LogP contribution is -2.31. The third-order valence-corrected chi connectivity index (χ3v) is 5.71. The van der Waals surface area contributed by atoms with Crippen molar-refractivity contribution in [2.45, 2.75) is 63.4 Å². The van der Waals surface area contributed by atoms with Gasteiger partial charge in [0.15, 0.2) is 0 Å². The molecule has 2 saturated heterocycles. The topological polar surface area (TPSA) is 106 Å². The van der Waals surface area contributed by atoms with Gasteiger partial charge in [-0.1, -0.05) is 6.92 Å². The second-order valence-electron chi connectivity index (χ2n) is 6.64. The lowest BCUT2D eigenvalue weighted by Gasteiger charge is -2.25. The quantitative estimate of drug-likeness (QED) is 0.197. The van der Waals surface area contributed by atoms with Crippen molar-refractivity contribution < 1.29 is 40.1 Å². The molecule has 11 heteroatoms. The Labute approximate surface area is 181 Å². The number of hydrogen-bond donors (Lipinski definition) is 1. The van der Waals surface area contributed by atoms with Gasteiger partial charge in [-0.3, -0.25) is 9.59 Å². The summed E-state index contributed by atoms with van der Waals surface area (Å²) in [6, 6.07) is 0. The zero-order valence-corrected chi connectivity index (χ0v) is 18.2. The molecule has 0 aromatic heterocycles. The highest BCUT2D eigenvalue weighted by Crippen LogP contribution is 2.44. The first-order chi connectivity index (χ1) is 15.4. The first-order valence-electron chi connectivity index (χ1n) is 11.1. The van der Waals surface area contributed by atoms with Gasteiger partial charge < -0.3 is 37.9 Å². The van der Waals surface area contributed by atoms with Crippen LogP contribution in [0.15, 0.2) is 0 Å². The van der Waals surface area contributed by atoms with E-state index in [1.807, 2.05) is 6.92 Å². The van der Waals surface area contributed by atoms with Gasteiger partial charge in [0.2, 0.25) is 12.5 Å². The second kappa shape index (κ2) is 13.9. The van der Waals surface area contributed by atoms with Crippen LogP contribution in [0.25, 0.3) is 4.85 Å². The van der Waals surface area contributed by atoms with Crippen LogP contribution in [0.1, 0.15) is 41.8 Å². The molecule has 0 bridgehead atoms. The predicted octanol–water partition coefficient (Wildman–Crippen LogP) is 1.98. The summed E-state index contributed by atoms with van der Waals surface area (Å²) in [5.74, 6) is -0.818. The highest BCUT2D eigenvalue weighted by molar-refractivity contribution is 7.41. The van der Waals surface area contributed by atoms with E-state index in [1.54, 1.807) is 0 Å². The zero-order chi connectivity index (χ0) is 23.5. The van der Waals surface area contributed by atoms with Gasteiger partial charge in [0.25, 0.3) is 0 Å². The summed E-state index contributed by atoms with van der Waals surface area (Å²) in [7, 11) is -0.376. The SMILES string of the molecule is [3H]C1C[C@H](OC(=O)CCC(=O)NC)[C@@H](COP(OCC[N+]#[C-])O[C@H]2CC([3H])O[C@@H]2CC)O1. The molecule has 2 rings (SSSR count). The van der Waals surface area contributed by atoms with Crippen LogP contribution in [-0.4, -0.2) is 76.3 Å². The maximum absolute atomic E-state index is 12.0. The summed E-state index contributed by atoms with van der Waals surface area (Å²) in [4.78, 5) is 26.6. The fraction of sp³-hybridized carbons (Fsp3) is 0.842. The standard InChI is InChI=1S/C19H31N2O8P/c1-4-14-16(8-11-24-14)29-30(26-12-9-20-2)27-13-17-15(7-10-25-17)28-19(23)6-5-18(22)21-3/h14-17H,4-13H2,1,3H3,(H,21,22)/t14-,15+,16+,17-,30?/m1/s1/i10T,11T/t10?,11?,14-,15+,16+,17-,30?. The average molecular weight is 450 g/mol. The first kappa shape index (κ1) is 21.9. The van der Waals surface area contributed by atoms with E-state index in [0.29, 0.717) is 12.8 Å². The van der Waals surface area contributed by atoms with Crippen LogP contribution in [-0.2, 0) is 37.4 Å². The lowest BCUT2D eigenvalue weighted by atomic mass is 10.1. The molecule has 0 radical (unpaired) electrons. The number of carbonyl (C=O) groups excluding carboxylic acids is 2. The molecule has 7 atom stereocenters. The number of esters is 1. The number of ether oxygens (including phenoxy) is 3. The second-order valence-corrected chi connectivity index (χ2v) is 7.82. The fourth-order valence-electron chi connectivity index (χ4n) is 2.84. The average Bonchev–Trinajstić information content (AvgIpc) is 3.30. The Kier molecular flexibility index (Phi) is 10.1. The summed E-state index contributed by atoms with van der Waals surface area (Å²) >= 11 is 0. The summed E-state index contributed by atoms with van der Waals surface area (Å²) in [5, 5.41) is 2.44. The Morgan fingerprint density at radius 2 is 1.93 bits per heavy atom. The molecule has 30 heavy (non-hydrogen) atoms. The van der Waals surface area contributed by atoms with Crippen molar-refractivity contribution in [3.63, 3.8) is 0 Å². The number of hydrogen-bond acceptors (Lipinski definition) is 8. The Hall–Kier alpha value is -1.34. The largest absolute Gasteiger partial charge is 0.459 e. The molecule has 2 aliphatic heterocycles. The molecule has 1 N–H and O–H groups in total. The molecule has 1 amide bonds. The molecular formula is C19H31N2O8P. The Bertz CT molecular complexity index is 655. The van der Waals surface area contributed by atoms with Crippen LogP contribution >= 0.6 is 8.60 Å². The smallest absolute Gasteiger partial charge is 0.333 e. The molecule has 3 unspecified atom stereocenters. The molecule has 2 heterocycles.